The Morgan fingerprint density at radius 2 is 1.86 bits per heavy atom. The lowest BCUT2D eigenvalue weighted by atomic mass is 10.1. The first-order valence-electron chi connectivity index (χ1n) is 8.64. The molecule has 2 aromatic carbocycles. The van der Waals surface area contributed by atoms with Crippen molar-refractivity contribution in [2.24, 2.45) is 0 Å². The number of carbonyl (C=O) groups excluding carboxylic acids is 1. The van der Waals surface area contributed by atoms with Crippen molar-refractivity contribution in [2.45, 2.75) is 19.4 Å². The summed E-state index contributed by atoms with van der Waals surface area (Å²) < 4.78 is 11.2. The molecule has 2 N–H and O–H groups in total. The summed E-state index contributed by atoms with van der Waals surface area (Å²) in [6.45, 7) is 0.589. The second-order valence-electron chi connectivity index (χ2n) is 6.38. The number of phenols is 2. The molecule has 2 heterocycles. The fourth-order valence-electron chi connectivity index (χ4n) is 2.99. The second-order valence-corrected chi connectivity index (χ2v) is 8.05. The molecule has 2 aliphatic rings. The Labute approximate surface area is 171 Å². The molecule has 1 fully saturated rings. The number of nitrogens with zero attached hydrogens (tertiary/aromatic N) is 1. The first kappa shape index (κ1) is 18.6. The number of thiocarbonyl (C=S) groups is 1. The van der Waals surface area contributed by atoms with Gasteiger partial charge in [-0.15, -0.1) is 0 Å². The highest BCUT2D eigenvalue weighted by Crippen LogP contribution is 2.36. The molecule has 0 spiro atoms. The summed E-state index contributed by atoms with van der Waals surface area (Å²) in [4.78, 5) is 14.9. The van der Waals surface area contributed by atoms with Gasteiger partial charge in [-0.2, -0.15) is 0 Å². The predicted octanol–water partition coefficient (Wildman–Crippen LogP) is 3.70. The third kappa shape index (κ3) is 3.79. The van der Waals surface area contributed by atoms with E-state index >= 15 is 0 Å². The summed E-state index contributed by atoms with van der Waals surface area (Å²) in [6.07, 6.45) is 3.13. The topological polar surface area (TPSA) is 79.2 Å². The molecule has 6 nitrogen and oxygen atoms in total. The standard InChI is InChI=1S/C20H17NO5S2/c22-14-6-4-12(8-15(14)23)2-1-3-18-19(24)21(20(27)28-18)10-13-5-7-16-17(9-13)26-11-25-16/h3-9,22-23H,1-2,10-11H2/b18-3-. The number of aromatic hydroxyl groups is 2. The van der Waals surface area contributed by atoms with Crippen LogP contribution in [0.25, 0.3) is 0 Å². The van der Waals surface area contributed by atoms with E-state index in [9.17, 15) is 15.0 Å². The lowest BCUT2D eigenvalue weighted by Crippen LogP contribution is -2.27. The van der Waals surface area contributed by atoms with Crippen molar-refractivity contribution in [1.82, 2.24) is 4.90 Å². The minimum absolute atomic E-state index is 0.110. The van der Waals surface area contributed by atoms with Gasteiger partial charge in [0.15, 0.2) is 23.0 Å². The van der Waals surface area contributed by atoms with Crippen LogP contribution in [0.15, 0.2) is 47.4 Å². The molecule has 0 radical (unpaired) electrons. The van der Waals surface area contributed by atoms with Crippen LogP contribution < -0.4 is 9.47 Å². The van der Waals surface area contributed by atoms with Gasteiger partial charge in [-0.25, -0.2) is 0 Å². The minimum Gasteiger partial charge on any atom is -0.504 e. The maximum atomic E-state index is 12.7. The molecule has 0 bridgehead atoms. The lowest BCUT2D eigenvalue weighted by Gasteiger charge is -2.14. The predicted molar refractivity (Wildman–Crippen MR) is 109 cm³/mol. The summed E-state index contributed by atoms with van der Waals surface area (Å²) in [7, 11) is 0. The van der Waals surface area contributed by atoms with Crippen LogP contribution in [-0.2, 0) is 17.8 Å². The largest absolute Gasteiger partial charge is 0.504 e. The normalized spacial score (nSPS) is 17.0. The molecule has 0 unspecified atom stereocenters. The third-order valence-electron chi connectivity index (χ3n) is 4.45. The van der Waals surface area contributed by atoms with Crippen molar-refractivity contribution < 1.29 is 24.5 Å². The molecule has 4 rings (SSSR count). The fraction of sp³-hybridized carbons (Fsp3) is 0.200. The van der Waals surface area contributed by atoms with E-state index in [0.717, 1.165) is 11.1 Å². The number of fused-ring (bicyclic) bond motifs is 1. The van der Waals surface area contributed by atoms with E-state index in [0.29, 0.717) is 40.1 Å². The maximum Gasteiger partial charge on any atom is 0.266 e. The SMILES string of the molecule is O=C1/C(=C/CCc2ccc(O)c(O)c2)SC(=S)N1Cc1ccc2c(c1)OCO2. The van der Waals surface area contributed by atoms with E-state index in [1.54, 1.807) is 11.0 Å². The van der Waals surface area contributed by atoms with E-state index < -0.39 is 0 Å². The van der Waals surface area contributed by atoms with Crippen molar-refractivity contribution in [3.8, 4) is 23.0 Å². The van der Waals surface area contributed by atoms with Gasteiger partial charge in [0, 0.05) is 0 Å². The van der Waals surface area contributed by atoms with Crippen LogP contribution in [0.4, 0.5) is 0 Å². The van der Waals surface area contributed by atoms with Crippen molar-refractivity contribution in [1.29, 1.82) is 0 Å². The van der Waals surface area contributed by atoms with Gasteiger partial charge in [0.1, 0.15) is 4.32 Å². The van der Waals surface area contributed by atoms with Crippen molar-refractivity contribution in [3.05, 3.63) is 58.5 Å². The zero-order valence-electron chi connectivity index (χ0n) is 14.8. The molecular weight excluding hydrogens is 398 g/mol. The van der Waals surface area contributed by atoms with Gasteiger partial charge in [-0.1, -0.05) is 42.2 Å². The number of thioether (sulfide) groups is 1. The van der Waals surface area contributed by atoms with Crippen LogP contribution >= 0.6 is 24.0 Å². The number of allylic oxidation sites excluding steroid dienone is 1. The Balaban J connectivity index is 1.40. The summed E-state index contributed by atoms with van der Waals surface area (Å²) in [5, 5.41) is 18.9. The number of hydrogen-bond donors (Lipinski definition) is 2. The molecule has 2 aliphatic heterocycles. The Kier molecular flexibility index (Phi) is 5.15. The highest BCUT2D eigenvalue weighted by Gasteiger charge is 2.32. The summed E-state index contributed by atoms with van der Waals surface area (Å²) in [5.41, 5.74) is 1.80. The molecule has 1 amide bonds. The summed E-state index contributed by atoms with van der Waals surface area (Å²) >= 11 is 6.67. The Hall–Kier alpha value is -2.71. The van der Waals surface area contributed by atoms with Gasteiger partial charge in [-0.05, 0) is 48.2 Å². The van der Waals surface area contributed by atoms with Crippen LogP contribution in [0.5, 0.6) is 23.0 Å². The number of carbonyl (C=O) groups is 1. The molecule has 2 aromatic rings. The summed E-state index contributed by atoms with van der Waals surface area (Å²) in [5.74, 6) is 0.979. The average Bonchev–Trinajstić information content (AvgIpc) is 3.24. The monoisotopic (exact) mass is 415 g/mol. The zero-order valence-corrected chi connectivity index (χ0v) is 16.4. The Morgan fingerprint density at radius 1 is 1.07 bits per heavy atom. The van der Waals surface area contributed by atoms with E-state index in [1.807, 2.05) is 24.3 Å². The zero-order chi connectivity index (χ0) is 19.7. The fourth-order valence-corrected chi connectivity index (χ4v) is 4.25. The Bertz CT molecular complexity index is 989. The van der Waals surface area contributed by atoms with Crippen LogP contribution in [0.1, 0.15) is 17.5 Å². The number of phenolic OH excluding ortho intramolecular Hbond substituents is 2. The second kappa shape index (κ2) is 7.73. The van der Waals surface area contributed by atoms with Gasteiger partial charge >= 0.3 is 0 Å². The van der Waals surface area contributed by atoms with E-state index in [2.05, 4.69) is 0 Å². The first-order chi connectivity index (χ1) is 13.5. The molecule has 28 heavy (non-hydrogen) atoms. The number of rotatable bonds is 5. The molecular formula is C20H17NO5S2. The molecule has 1 saturated heterocycles. The molecule has 0 aromatic heterocycles. The Morgan fingerprint density at radius 3 is 2.68 bits per heavy atom. The lowest BCUT2D eigenvalue weighted by molar-refractivity contribution is -0.122. The van der Waals surface area contributed by atoms with Crippen LogP contribution in [-0.4, -0.2) is 32.1 Å². The third-order valence-corrected chi connectivity index (χ3v) is 5.88. The minimum atomic E-state index is -0.146. The number of amides is 1. The van der Waals surface area contributed by atoms with Crippen molar-refractivity contribution >= 4 is 34.2 Å². The molecule has 0 aliphatic carbocycles. The first-order valence-corrected chi connectivity index (χ1v) is 9.87. The van der Waals surface area contributed by atoms with Crippen LogP contribution in [0.2, 0.25) is 0 Å². The molecule has 0 atom stereocenters. The maximum absolute atomic E-state index is 12.7. The molecule has 144 valence electrons. The van der Waals surface area contributed by atoms with Crippen molar-refractivity contribution in [2.75, 3.05) is 6.79 Å². The van der Waals surface area contributed by atoms with Crippen LogP contribution in [0.3, 0.4) is 0 Å². The number of aryl methyl sites for hydroxylation is 1. The van der Waals surface area contributed by atoms with Gasteiger partial charge in [-0.3, -0.25) is 9.69 Å². The highest BCUT2D eigenvalue weighted by atomic mass is 32.2. The van der Waals surface area contributed by atoms with E-state index in [-0.39, 0.29) is 24.2 Å². The molecule has 8 heteroatoms. The van der Waals surface area contributed by atoms with Gasteiger partial charge < -0.3 is 19.7 Å². The molecule has 0 saturated carbocycles. The highest BCUT2D eigenvalue weighted by molar-refractivity contribution is 8.26. The average molecular weight is 415 g/mol. The van der Waals surface area contributed by atoms with Gasteiger partial charge in [0.05, 0.1) is 11.4 Å². The van der Waals surface area contributed by atoms with Crippen molar-refractivity contribution in [3.63, 3.8) is 0 Å². The number of ether oxygens (including phenoxy) is 2. The van der Waals surface area contributed by atoms with E-state index in [4.69, 9.17) is 21.7 Å². The van der Waals surface area contributed by atoms with Gasteiger partial charge in [0.2, 0.25) is 6.79 Å². The van der Waals surface area contributed by atoms with E-state index in [1.165, 1.54) is 23.9 Å². The van der Waals surface area contributed by atoms with Gasteiger partial charge in [0.25, 0.3) is 5.91 Å². The quantitative estimate of drug-likeness (QED) is 0.438. The van der Waals surface area contributed by atoms with Crippen LogP contribution in [0, 0.1) is 0 Å². The number of hydrogen-bond acceptors (Lipinski definition) is 7. The summed E-state index contributed by atoms with van der Waals surface area (Å²) in [6, 6.07) is 10.3. The smallest absolute Gasteiger partial charge is 0.266 e. The number of benzene rings is 2.